The first kappa shape index (κ1) is 28.2. The Bertz CT molecular complexity index is 1340. The summed E-state index contributed by atoms with van der Waals surface area (Å²) in [5.74, 6) is 2.54. The van der Waals surface area contributed by atoms with Gasteiger partial charge in [0, 0.05) is 42.9 Å². The van der Waals surface area contributed by atoms with Crippen LogP contribution in [0.4, 0.5) is 5.82 Å². The van der Waals surface area contributed by atoms with Crippen molar-refractivity contribution in [2.45, 2.75) is 43.0 Å². The summed E-state index contributed by atoms with van der Waals surface area (Å²) in [4.78, 5) is 24.4. The number of carbonyl (C=O) groups excluding carboxylic acids is 1. The van der Waals surface area contributed by atoms with E-state index in [2.05, 4.69) is 70.7 Å². The Kier molecular flexibility index (Phi) is 9.74. The molecule has 5 nitrogen and oxygen atoms in total. The number of anilines is 1. The average Bonchev–Trinajstić information content (AvgIpc) is 2.99. The Balaban J connectivity index is 1.14. The Morgan fingerprint density at radius 3 is 2.20 bits per heavy atom. The number of benzene rings is 3. The molecular weight excluding hydrogens is 536 g/mol. The van der Waals surface area contributed by atoms with Gasteiger partial charge in [-0.15, -0.1) is 0 Å². The second-order valence-electron chi connectivity index (χ2n) is 10.4. The van der Waals surface area contributed by atoms with Crippen molar-refractivity contribution >= 4 is 35.1 Å². The molecule has 1 aliphatic rings. The van der Waals surface area contributed by atoms with Crippen molar-refractivity contribution in [1.82, 2.24) is 15.3 Å². The predicted molar refractivity (Wildman–Crippen MR) is 165 cm³/mol. The molecule has 1 amide bonds. The predicted octanol–water partition coefficient (Wildman–Crippen LogP) is 7.61. The first-order valence-corrected chi connectivity index (χ1v) is 15.3. The topological polar surface area (TPSA) is 58.1 Å². The minimum atomic E-state index is -0.0576. The highest BCUT2D eigenvalue weighted by Crippen LogP contribution is 2.29. The number of nitrogens with one attached hydrogen (secondary N) is 1. The molecular formula is C33H35ClN4OS. The molecule has 0 atom stereocenters. The van der Waals surface area contributed by atoms with Crippen molar-refractivity contribution in [2.75, 3.05) is 24.5 Å². The van der Waals surface area contributed by atoms with Crippen molar-refractivity contribution in [2.24, 2.45) is 5.92 Å². The molecule has 1 aromatic heterocycles. The minimum Gasteiger partial charge on any atom is -0.356 e. The number of amides is 1. The van der Waals surface area contributed by atoms with E-state index in [1.54, 1.807) is 11.8 Å². The molecule has 2 heterocycles. The lowest BCUT2D eigenvalue weighted by atomic mass is 9.88. The van der Waals surface area contributed by atoms with Gasteiger partial charge in [-0.1, -0.05) is 103 Å². The third kappa shape index (κ3) is 7.64. The van der Waals surface area contributed by atoms with Crippen LogP contribution in [0.2, 0.25) is 5.15 Å². The normalized spacial score (nSPS) is 13.9. The quantitative estimate of drug-likeness (QED) is 0.121. The van der Waals surface area contributed by atoms with Gasteiger partial charge in [0.05, 0.1) is 0 Å². The van der Waals surface area contributed by atoms with Gasteiger partial charge in [-0.2, -0.15) is 0 Å². The van der Waals surface area contributed by atoms with Crippen LogP contribution in [0.25, 0.3) is 0 Å². The number of rotatable bonds is 10. The molecule has 0 spiro atoms. The fourth-order valence-electron chi connectivity index (χ4n) is 5.08. The third-order valence-corrected chi connectivity index (χ3v) is 8.59. The molecule has 0 aliphatic carbocycles. The van der Waals surface area contributed by atoms with E-state index < -0.39 is 0 Å². The molecule has 0 bridgehead atoms. The maximum atomic E-state index is 12.9. The minimum absolute atomic E-state index is 0.0576. The summed E-state index contributed by atoms with van der Waals surface area (Å²) in [6.45, 7) is 4.89. The molecule has 1 N–H and O–H groups in total. The molecule has 1 aliphatic heterocycles. The van der Waals surface area contributed by atoms with Gasteiger partial charge in [0.1, 0.15) is 11.0 Å². The molecule has 7 heteroatoms. The number of thioether (sulfide) groups is 1. The van der Waals surface area contributed by atoms with Crippen molar-refractivity contribution in [1.29, 1.82) is 0 Å². The summed E-state index contributed by atoms with van der Waals surface area (Å²) in [5.41, 5.74) is 4.27. The van der Waals surface area contributed by atoms with Gasteiger partial charge < -0.3 is 10.2 Å². The zero-order valence-corrected chi connectivity index (χ0v) is 24.4. The lowest BCUT2D eigenvalue weighted by Gasteiger charge is -2.31. The third-order valence-electron chi connectivity index (χ3n) is 7.47. The fourth-order valence-corrected chi connectivity index (χ4v) is 6.12. The molecule has 0 unspecified atom stereocenters. The van der Waals surface area contributed by atoms with E-state index in [0.717, 1.165) is 36.8 Å². The molecule has 40 heavy (non-hydrogen) atoms. The van der Waals surface area contributed by atoms with Crippen molar-refractivity contribution < 1.29 is 4.79 Å². The summed E-state index contributed by atoms with van der Waals surface area (Å²) in [6, 6.07) is 30.6. The van der Waals surface area contributed by atoms with Crippen LogP contribution in [-0.2, 0) is 5.75 Å². The largest absolute Gasteiger partial charge is 0.356 e. The number of hydrogen-bond acceptors (Lipinski definition) is 5. The van der Waals surface area contributed by atoms with Gasteiger partial charge in [-0.25, -0.2) is 9.97 Å². The van der Waals surface area contributed by atoms with Crippen LogP contribution in [0.3, 0.4) is 0 Å². The average molecular weight is 571 g/mol. The number of carbonyl (C=O) groups is 1. The standard InChI is InChI=1S/C33H35ClN4OS/c1-24-17-20-38(21-18-24)31-22-30(34)36-33(37-31)40-23-25-12-14-28(15-13-25)32(39)35-19-16-29(26-8-4-2-5-9-26)27-10-6-3-7-11-27/h2-15,22,24,29H,16-21,23H2,1H3,(H,35,39). The zero-order chi connectivity index (χ0) is 27.7. The van der Waals surface area contributed by atoms with E-state index in [0.29, 0.717) is 28.2 Å². The van der Waals surface area contributed by atoms with Gasteiger partial charge >= 0.3 is 0 Å². The van der Waals surface area contributed by atoms with Gasteiger partial charge in [-0.05, 0) is 54.0 Å². The number of hydrogen-bond donors (Lipinski definition) is 1. The second kappa shape index (κ2) is 13.8. The highest BCUT2D eigenvalue weighted by molar-refractivity contribution is 7.98. The fraction of sp³-hybridized carbons (Fsp3) is 0.303. The van der Waals surface area contributed by atoms with Gasteiger partial charge in [0.25, 0.3) is 5.91 Å². The first-order chi connectivity index (χ1) is 19.5. The zero-order valence-electron chi connectivity index (χ0n) is 22.8. The maximum absolute atomic E-state index is 12.9. The van der Waals surface area contributed by atoms with Crippen LogP contribution in [0.5, 0.6) is 0 Å². The van der Waals surface area contributed by atoms with Crippen LogP contribution < -0.4 is 10.2 Å². The summed E-state index contributed by atoms with van der Waals surface area (Å²) < 4.78 is 0. The number of piperidine rings is 1. The Hall–Kier alpha value is -3.35. The molecule has 0 saturated carbocycles. The molecule has 1 saturated heterocycles. The van der Waals surface area contributed by atoms with E-state index in [1.165, 1.54) is 24.0 Å². The van der Waals surface area contributed by atoms with E-state index in [9.17, 15) is 4.79 Å². The molecule has 1 fully saturated rings. The van der Waals surface area contributed by atoms with Gasteiger partial charge in [0.15, 0.2) is 5.16 Å². The van der Waals surface area contributed by atoms with Crippen LogP contribution >= 0.6 is 23.4 Å². The highest BCUT2D eigenvalue weighted by atomic mass is 35.5. The van der Waals surface area contributed by atoms with Gasteiger partial charge in [0.2, 0.25) is 0 Å². The SMILES string of the molecule is CC1CCN(c2cc(Cl)nc(SCc3ccc(C(=O)NCCC(c4ccccc4)c4ccccc4)cc3)n2)CC1. The second-order valence-corrected chi connectivity index (χ2v) is 11.7. The Morgan fingerprint density at radius 2 is 1.57 bits per heavy atom. The lowest BCUT2D eigenvalue weighted by Crippen LogP contribution is -2.33. The van der Waals surface area contributed by atoms with Crippen molar-refractivity contribution in [3.05, 3.63) is 118 Å². The van der Waals surface area contributed by atoms with E-state index in [1.807, 2.05) is 42.5 Å². The Morgan fingerprint density at radius 1 is 0.950 bits per heavy atom. The number of aromatic nitrogens is 2. The van der Waals surface area contributed by atoms with Crippen LogP contribution in [-0.4, -0.2) is 35.5 Å². The van der Waals surface area contributed by atoms with Crippen LogP contribution in [0, 0.1) is 5.92 Å². The van der Waals surface area contributed by atoms with E-state index in [4.69, 9.17) is 16.6 Å². The van der Waals surface area contributed by atoms with Gasteiger partial charge in [-0.3, -0.25) is 4.79 Å². The molecule has 4 aromatic rings. The van der Waals surface area contributed by atoms with Crippen molar-refractivity contribution in [3.63, 3.8) is 0 Å². The van der Waals surface area contributed by atoms with E-state index >= 15 is 0 Å². The molecule has 5 rings (SSSR count). The summed E-state index contributed by atoms with van der Waals surface area (Å²) >= 11 is 7.89. The summed E-state index contributed by atoms with van der Waals surface area (Å²) in [6.07, 6.45) is 3.17. The first-order valence-electron chi connectivity index (χ1n) is 13.9. The number of halogens is 1. The molecule has 3 aromatic carbocycles. The number of nitrogens with zero attached hydrogens (tertiary/aromatic N) is 3. The monoisotopic (exact) mass is 570 g/mol. The van der Waals surface area contributed by atoms with Crippen LogP contribution in [0.15, 0.2) is 96.2 Å². The highest BCUT2D eigenvalue weighted by Gasteiger charge is 2.19. The molecule has 0 radical (unpaired) electrons. The Labute approximate surface area is 246 Å². The lowest BCUT2D eigenvalue weighted by molar-refractivity contribution is 0.0953. The van der Waals surface area contributed by atoms with Crippen molar-refractivity contribution in [3.8, 4) is 0 Å². The smallest absolute Gasteiger partial charge is 0.251 e. The van der Waals surface area contributed by atoms with E-state index in [-0.39, 0.29) is 11.8 Å². The molecule has 206 valence electrons. The maximum Gasteiger partial charge on any atom is 0.251 e. The summed E-state index contributed by atoms with van der Waals surface area (Å²) in [5, 5.41) is 4.26. The van der Waals surface area contributed by atoms with Crippen LogP contribution in [0.1, 0.15) is 59.2 Å². The summed E-state index contributed by atoms with van der Waals surface area (Å²) in [7, 11) is 0.